The molecule has 0 aliphatic heterocycles. The summed E-state index contributed by atoms with van der Waals surface area (Å²) in [5, 5.41) is 5.38. The molecule has 5 rings (SSSR count). The van der Waals surface area contributed by atoms with Crippen LogP contribution in [0.5, 0.6) is 0 Å². The molecule has 4 aromatic rings. The molecule has 1 amide bonds. The highest BCUT2D eigenvalue weighted by Gasteiger charge is 2.51. The van der Waals surface area contributed by atoms with Crippen molar-refractivity contribution in [1.29, 1.82) is 0 Å². The van der Waals surface area contributed by atoms with Gasteiger partial charge < -0.3 is 10.1 Å². The fourth-order valence-electron chi connectivity index (χ4n) is 4.53. The Morgan fingerprint density at radius 3 is 2.74 bits per heavy atom. The molecule has 2 heterocycles. The molecule has 3 atom stereocenters. The van der Waals surface area contributed by atoms with Gasteiger partial charge in [-0.1, -0.05) is 48.9 Å². The minimum Gasteiger partial charge on any atom is -0.376 e. The van der Waals surface area contributed by atoms with Gasteiger partial charge in [0.1, 0.15) is 5.82 Å². The normalized spacial score (nSPS) is 19.2. The number of halogens is 1. The zero-order valence-corrected chi connectivity index (χ0v) is 19.9. The van der Waals surface area contributed by atoms with Crippen molar-refractivity contribution in [2.45, 2.75) is 20.5 Å². The maximum absolute atomic E-state index is 12.9. The predicted octanol–water partition coefficient (Wildman–Crippen LogP) is 6.30. The summed E-state index contributed by atoms with van der Waals surface area (Å²) in [5.41, 5.74) is 4.27. The number of anilines is 1. The predicted molar refractivity (Wildman–Crippen MR) is 136 cm³/mol. The van der Waals surface area contributed by atoms with Gasteiger partial charge in [0.2, 0.25) is 5.91 Å². The number of hydrogen-bond donors (Lipinski definition) is 1. The maximum Gasteiger partial charge on any atom is 0.229 e. The van der Waals surface area contributed by atoms with Crippen molar-refractivity contribution in [3.8, 4) is 11.1 Å². The van der Waals surface area contributed by atoms with E-state index in [1.165, 1.54) is 0 Å². The number of nitrogens with zero attached hydrogens (tertiary/aromatic N) is 2. The van der Waals surface area contributed by atoms with Gasteiger partial charge in [-0.15, -0.1) is 0 Å². The molecule has 0 spiro atoms. The van der Waals surface area contributed by atoms with E-state index in [-0.39, 0.29) is 23.7 Å². The number of carbonyl (C=O) groups excluding carboxylic acids is 1. The lowest BCUT2D eigenvalue weighted by molar-refractivity contribution is -0.118. The van der Waals surface area contributed by atoms with Crippen LogP contribution in [0.3, 0.4) is 0 Å². The van der Waals surface area contributed by atoms with Gasteiger partial charge in [0.15, 0.2) is 0 Å². The first kappa shape index (κ1) is 22.5. The van der Waals surface area contributed by atoms with Gasteiger partial charge in [-0.2, -0.15) is 0 Å². The van der Waals surface area contributed by atoms with Crippen LogP contribution in [0.4, 0.5) is 5.82 Å². The first-order chi connectivity index (χ1) is 16.5. The number of aromatic nitrogens is 2. The maximum atomic E-state index is 12.9. The Labute approximate surface area is 204 Å². The first-order valence-electron chi connectivity index (χ1n) is 11.4. The summed E-state index contributed by atoms with van der Waals surface area (Å²) in [6, 6.07) is 17.9. The molecule has 0 radical (unpaired) electrons. The van der Waals surface area contributed by atoms with Crippen LogP contribution in [0, 0.1) is 24.7 Å². The van der Waals surface area contributed by atoms with Crippen LogP contribution in [0.2, 0.25) is 5.02 Å². The van der Waals surface area contributed by atoms with Crippen molar-refractivity contribution in [3.05, 3.63) is 89.3 Å². The van der Waals surface area contributed by atoms with E-state index >= 15 is 0 Å². The molecule has 1 fully saturated rings. The Morgan fingerprint density at radius 1 is 1.12 bits per heavy atom. The molecule has 6 heteroatoms. The highest BCUT2D eigenvalue weighted by Crippen LogP contribution is 2.46. The average Bonchev–Trinajstić information content (AvgIpc) is 3.49. The van der Waals surface area contributed by atoms with E-state index in [9.17, 15) is 4.79 Å². The number of hydrogen-bond acceptors (Lipinski definition) is 4. The average molecular weight is 472 g/mol. The summed E-state index contributed by atoms with van der Waals surface area (Å²) >= 11 is 6.55. The Balaban J connectivity index is 1.27. The largest absolute Gasteiger partial charge is 0.376 e. The molecular weight excluding hydrogens is 446 g/mol. The number of aryl methyl sites for hydroxylation is 1. The molecule has 2 aromatic heterocycles. The number of fused-ring (bicyclic) bond motifs is 1. The van der Waals surface area contributed by atoms with Crippen LogP contribution < -0.4 is 5.32 Å². The lowest BCUT2D eigenvalue weighted by atomic mass is 10.0. The van der Waals surface area contributed by atoms with Gasteiger partial charge in [-0.05, 0) is 65.1 Å². The second-order valence-electron chi connectivity index (χ2n) is 8.98. The van der Waals surface area contributed by atoms with E-state index in [1.807, 2.05) is 61.7 Å². The quantitative estimate of drug-likeness (QED) is 0.343. The number of rotatable bonds is 7. The molecule has 0 bridgehead atoms. The van der Waals surface area contributed by atoms with Gasteiger partial charge in [-0.3, -0.25) is 9.78 Å². The highest BCUT2D eigenvalue weighted by atomic mass is 35.5. The van der Waals surface area contributed by atoms with E-state index in [2.05, 4.69) is 28.3 Å². The zero-order valence-electron chi connectivity index (χ0n) is 19.2. The molecule has 3 unspecified atom stereocenters. The minimum absolute atomic E-state index is 0.0157. The molecule has 0 saturated heterocycles. The van der Waals surface area contributed by atoms with Gasteiger partial charge in [-0.25, -0.2) is 4.98 Å². The summed E-state index contributed by atoms with van der Waals surface area (Å²) in [7, 11) is 0. The number of amides is 1. The number of ether oxygens (including phenoxy) is 1. The SMILES string of the molecule is Cc1ccncc1-c1cc(Cl)c2cnc(NC(=O)C3C(C)C3COCc3ccccc3)cc2c1. The molecule has 172 valence electrons. The van der Waals surface area contributed by atoms with E-state index in [0.717, 1.165) is 33.0 Å². The summed E-state index contributed by atoms with van der Waals surface area (Å²) < 4.78 is 5.86. The number of pyridine rings is 2. The Hall–Kier alpha value is -3.28. The van der Waals surface area contributed by atoms with Gasteiger partial charge in [0, 0.05) is 35.5 Å². The summed E-state index contributed by atoms with van der Waals surface area (Å²) in [6.07, 6.45) is 5.33. The third-order valence-corrected chi connectivity index (χ3v) is 6.99. The Kier molecular flexibility index (Phi) is 6.31. The Morgan fingerprint density at radius 2 is 1.94 bits per heavy atom. The monoisotopic (exact) mass is 471 g/mol. The summed E-state index contributed by atoms with van der Waals surface area (Å²) in [5.74, 6) is 0.945. The van der Waals surface area contributed by atoms with Gasteiger partial charge >= 0.3 is 0 Å². The van der Waals surface area contributed by atoms with Crippen LogP contribution in [0.15, 0.2) is 73.2 Å². The molecule has 1 N–H and O–H groups in total. The van der Waals surface area contributed by atoms with Crippen molar-refractivity contribution >= 4 is 34.1 Å². The third-order valence-electron chi connectivity index (χ3n) is 6.67. The van der Waals surface area contributed by atoms with E-state index < -0.39 is 0 Å². The highest BCUT2D eigenvalue weighted by molar-refractivity contribution is 6.36. The lowest BCUT2D eigenvalue weighted by Crippen LogP contribution is -2.17. The molecular formula is C28H26ClN3O2. The van der Waals surface area contributed by atoms with Crippen LogP contribution in [0.1, 0.15) is 18.1 Å². The minimum atomic E-state index is -0.0683. The Bertz CT molecular complexity index is 1340. The van der Waals surface area contributed by atoms with Crippen molar-refractivity contribution in [1.82, 2.24) is 9.97 Å². The van der Waals surface area contributed by atoms with Crippen molar-refractivity contribution < 1.29 is 9.53 Å². The topological polar surface area (TPSA) is 64.1 Å². The van der Waals surface area contributed by atoms with Gasteiger partial charge in [0.05, 0.1) is 18.2 Å². The number of nitrogens with one attached hydrogen (secondary N) is 1. The molecule has 2 aromatic carbocycles. The van der Waals surface area contributed by atoms with Crippen molar-refractivity contribution in [2.24, 2.45) is 17.8 Å². The molecule has 1 saturated carbocycles. The van der Waals surface area contributed by atoms with Crippen LogP contribution in [0.25, 0.3) is 21.9 Å². The number of benzene rings is 2. The van der Waals surface area contributed by atoms with Crippen LogP contribution >= 0.6 is 11.6 Å². The lowest BCUT2D eigenvalue weighted by Gasteiger charge is -2.10. The second kappa shape index (κ2) is 9.53. The standard InChI is InChI=1S/C28H26ClN3O2/c1-17-8-9-30-13-22(17)20-10-21-12-26(31-14-23(21)25(29)11-20)32-28(33)27-18(2)24(27)16-34-15-19-6-4-3-5-7-19/h3-14,18,24,27H,15-16H2,1-2H3,(H,31,32,33). The zero-order chi connectivity index (χ0) is 23.7. The van der Waals surface area contributed by atoms with Crippen LogP contribution in [-0.4, -0.2) is 22.5 Å². The third kappa shape index (κ3) is 4.67. The number of carbonyl (C=O) groups is 1. The molecule has 5 nitrogen and oxygen atoms in total. The van der Waals surface area contributed by atoms with E-state index in [0.29, 0.717) is 24.1 Å². The van der Waals surface area contributed by atoms with E-state index in [1.54, 1.807) is 12.4 Å². The molecule has 1 aliphatic rings. The smallest absolute Gasteiger partial charge is 0.229 e. The fourth-order valence-corrected chi connectivity index (χ4v) is 4.81. The molecule has 1 aliphatic carbocycles. The van der Waals surface area contributed by atoms with Crippen molar-refractivity contribution in [2.75, 3.05) is 11.9 Å². The first-order valence-corrected chi connectivity index (χ1v) is 11.8. The van der Waals surface area contributed by atoms with Crippen molar-refractivity contribution in [3.63, 3.8) is 0 Å². The van der Waals surface area contributed by atoms with Crippen LogP contribution in [-0.2, 0) is 16.1 Å². The van der Waals surface area contributed by atoms with E-state index in [4.69, 9.17) is 16.3 Å². The van der Waals surface area contributed by atoms with Gasteiger partial charge in [0.25, 0.3) is 0 Å². The fraction of sp³-hybridized carbons (Fsp3) is 0.250. The molecule has 34 heavy (non-hydrogen) atoms. The summed E-state index contributed by atoms with van der Waals surface area (Å²) in [6.45, 7) is 5.27. The summed E-state index contributed by atoms with van der Waals surface area (Å²) in [4.78, 5) is 21.6. The second-order valence-corrected chi connectivity index (χ2v) is 9.39.